The average Bonchev–Trinajstić information content (AvgIpc) is 2.38. The Morgan fingerprint density at radius 1 is 1.15 bits per heavy atom. The first-order valence-corrected chi connectivity index (χ1v) is 7.52. The molecule has 2 aromatic carbocycles. The standard InChI is InChI=1S/C15H14FNO2S/c16-14-7-2-1-6-13(14)12-5-3-4-11(8-12)9-20(19)10-15(17)18/h1-8H,9-10H2,(H2,17,18)/t20-/m1/s1. The van der Waals surface area contributed by atoms with E-state index in [1.807, 2.05) is 0 Å². The Labute approximate surface area is 119 Å². The molecule has 3 nitrogen and oxygen atoms in total. The molecule has 5 heteroatoms. The summed E-state index contributed by atoms with van der Waals surface area (Å²) in [4.78, 5) is 10.7. The van der Waals surface area contributed by atoms with Crippen molar-refractivity contribution >= 4 is 16.7 Å². The van der Waals surface area contributed by atoms with Gasteiger partial charge in [0, 0.05) is 22.1 Å². The van der Waals surface area contributed by atoms with Gasteiger partial charge in [-0.2, -0.15) is 0 Å². The van der Waals surface area contributed by atoms with Gasteiger partial charge < -0.3 is 5.73 Å². The Balaban J connectivity index is 2.23. The van der Waals surface area contributed by atoms with Crippen molar-refractivity contribution in [2.24, 2.45) is 5.73 Å². The first kappa shape index (κ1) is 14.4. The summed E-state index contributed by atoms with van der Waals surface area (Å²) in [6, 6.07) is 13.6. The van der Waals surface area contributed by atoms with Crippen LogP contribution in [-0.2, 0) is 21.3 Å². The second-order valence-corrected chi connectivity index (χ2v) is 5.83. The number of hydrogen-bond acceptors (Lipinski definition) is 2. The largest absolute Gasteiger partial charge is 0.369 e. The minimum atomic E-state index is -1.34. The van der Waals surface area contributed by atoms with E-state index in [0.29, 0.717) is 5.56 Å². The molecular weight excluding hydrogens is 277 g/mol. The molecule has 1 amide bonds. The molecule has 2 N–H and O–H groups in total. The van der Waals surface area contributed by atoms with Gasteiger partial charge in [-0.05, 0) is 17.2 Å². The fourth-order valence-electron chi connectivity index (χ4n) is 1.92. The summed E-state index contributed by atoms with van der Waals surface area (Å²) in [6.07, 6.45) is 0. The topological polar surface area (TPSA) is 60.2 Å². The van der Waals surface area contributed by atoms with E-state index in [9.17, 15) is 13.4 Å². The Kier molecular flexibility index (Phi) is 4.63. The van der Waals surface area contributed by atoms with Crippen molar-refractivity contribution in [3.8, 4) is 11.1 Å². The van der Waals surface area contributed by atoms with Gasteiger partial charge in [0.15, 0.2) is 0 Å². The van der Waals surface area contributed by atoms with Crippen LogP contribution in [0, 0.1) is 5.82 Å². The smallest absolute Gasteiger partial charge is 0.230 e. The predicted octanol–water partition coefficient (Wildman–Crippen LogP) is 2.23. The SMILES string of the molecule is NC(=O)C[S@](=O)Cc1cccc(-c2ccccc2F)c1. The maximum atomic E-state index is 13.7. The van der Waals surface area contributed by atoms with Crippen molar-refractivity contribution < 1.29 is 13.4 Å². The van der Waals surface area contributed by atoms with Crippen LogP contribution in [0.3, 0.4) is 0 Å². The fourth-order valence-corrected chi connectivity index (χ4v) is 2.89. The molecule has 0 bridgehead atoms. The van der Waals surface area contributed by atoms with Gasteiger partial charge in [0.2, 0.25) is 5.91 Å². The van der Waals surface area contributed by atoms with E-state index in [0.717, 1.165) is 11.1 Å². The van der Waals surface area contributed by atoms with E-state index in [1.165, 1.54) is 6.07 Å². The van der Waals surface area contributed by atoms with E-state index < -0.39 is 16.7 Å². The number of nitrogens with two attached hydrogens (primary N) is 1. The molecule has 2 aromatic rings. The third-order valence-electron chi connectivity index (χ3n) is 2.74. The van der Waals surface area contributed by atoms with Crippen molar-refractivity contribution in [3.63, 3.8) is 0 Å². The highest BCUT2D eigenvalue weighted by Gasteiger charge is 2.08. The highest BCUT2D eigenvalue weighted by molar-refractivity contribution is 7.84. The zero-order chi connectivity index (χ0) is 14.5. The normalized spacial score (nSPS) is 12.1. The Morgan fingerprint density at radius 2 is 1.90 bits per heavy atom. The summed E-state index contributed by atoms with van der Waals surface area (Å²) >= 11 is 0. The lowest BCUT2D eigenvalue weighted by Gasteiger charge is -2.06. The zero-order valence-corrected chi connectivity index (χ0v) is 11.5. The molecule has 0 heterocycles. The van der Waals surface area contributed by atoms with Crippen molar-refractivity contribution in [2.75, 3.05) is 5.75 Å². The summed E-state index contributed by atoms with van der Waals surface area (Å²) in [5.74, 6) is -0.827. The second kappa shape index (κ2) is 6.43. The van der Waals surface area contributed by atoms with Gasteiger partial charge >= 0.3 is 0 Å². The second-order valence-electron chi connectivity index (χ2n) is 4.38. The maximum Gasteiger partial charge on any atom is 0.230 e. The number of primary amides is 1. The van der Waals surface area contributed by atoms with Gasteiger partial charge in [0.05, 0.1) is 0 Å². The number of amides is 1. The molecule has 20 heavy (non-hydrogen) atoms. The van der Waals surface area contributed by atoms with E-state index in [1.54, 1.807) is 42.5 Å². The lowest BCUT2D eigenvalue weighted by Crippen LogP contribution is -2.20. The number of hydrogen-bond donors (Lipinski definition) is 1. The third kappa shape index (κ3) is 3.74. The first-order valence-electron chi connectivity index (χ1n) is 6.03. The molecule has 0 aromatic heterocycles. The molecule has 2 rings (SSSR count). The molecule has 0 saturated heterocycles. The van der Waals surface area contributed by atoms with Crippen LogP contribution in [0.5, 0.6) is 0 Å². The van der Waals surface area contributed by atoms with Crippen molar-refractivity contribution in [1.82, 2.24) is 0 Å². The van der Waals surface area contributed by atoms with E-state index >= 15 is 0 Å². The maximum absolute atomic E-state index is 13.7. The number of rotatable bonds is 5. The molecular formula is C15H14FNO2S. The number of halogens is 1. The Hall–Kier alpha value is -2.01. The molecule has 0 spiro atoms. The van der Waals surface area contributed by atoms with Crippen molar-refractivity contribution in [2.45, 2.75) is 5.75 Å². The molecule has 0 aliphatic rings. The zero-order valence-electron chi connectivity index (χ0n) is 10.7. The highest BCUT2D eigenvalue weighted by atomic mass is 32.2. The molecule has 0 saturated carbocycles. The number of benzene rings is 2. The minimum Gasteiger partial charge on any atom is -0.369 e. The molecule has 0 radical (unpaired) electrons. The summed E-state index contributed by atoms with van der Waals surface area (Å²) < 4.78 is 25.4. The van der Waals surface area contributed by atoms with Gasteiger partial charge in [0.1, 0.15) is 11.6 Å². The van der Waals surface area contributed by atoms with Crippen LogP contribution < -0.4 is 5.73 Å². The average molecular weight is 291 g/mol. The Morgan fingerprint density at radius 3 is 2.60 bits per heavy atom. The van der Waals surface area contributed by atoms with E-state index in [2.05, 4.69) is 0 Å². The van der Waals surface area contributed by atoms with Gasteiger partial charge in [-0.15, -0.1) is 0 Å². The fraction of sp³-hybridized carbons (Fsp3) is 0.133. The lowest BCUT2D eigenvalue weighted by molar-refractivity contribution is -0.115. The molecule has 1 atom stereocenters. The summed E-state index contributed by atoms with van der Waals surface area (Å²) in [5.41, 5.74) is 7.00. The molecule has 0 fully saturated rings. The van der Waals surface area contributed by atoms with Gasteiger partial charge in [0.25, 0.3) is 0 Å². The van der Waals surface area contributed by atoms with Crippen LogP contribution in [0.2, 0.25) is 0 Å². The molecule has 0 aliphatic heterocycles. The molecule has 104 valence electrons. The van der Waals surface area contributed by atoms with Crippen molar-refractivity contribution in [1.29, 1.82) is 0 Å². The minimum absolute atomic E-state index is 0.163. The molecule has 0 unspecified atom stereocenters. The van der Waals surface area contributed by atoms with Gasteiger partial charge in [-0.3, -0.25) is 9.00 Å². The summed E-state index contributed by atoms with van der Waals surface area (Å²) in [5, 5.41) is 0. The first-order chi connectivity index (χ1) is 9.56. The van der Waals surface area contributed by atoms with Crippen LogP contribution in [0.15, 0.2) is 48.5 Å². The van der Waals surface area contributed by atoms with Crippen LogP contribution >= 0.6 is 0 Å². The van der Waals surface area contributed by atoms with Crippen LogP contribution in [-0.4, -0.2) is 15.9 Å². The van der Waals surface area contributed by atoms with E-state index in [-0.39, 0.29) is 17.3 Å². The monoisotopic (exact) mass is 291 g/mol. The third-order valence-corrected chi connectivity index (χ3v) is 4.00. The van der Waals surface area contributed by atoms with E-state index in [4.69, 9.17) is 5.73 Å². The van der Waals surface area contributed by atoms with Gasteiger partial charge in [-0.1, -0.05) is 42.5 Å². The van der Waals surface area contributed by atoms with Crippen LogP contribution in [0.1, 0.15) is 5.56 Å². The quantitative estimate of drug-likeness (QED) is 0.918. The van der Waals surface area contributed by atoms with Crippen LogP contribution in [0.4, 0.5) is 4.39 Å². The lowest BCUT2D eigenvalue weighted by atomic mass is 10.0. The molecule has 0 aliphatic carbocycles. The number of carbonyl (C=O) groups excluding carboxylic acids is 1. The highest BCUT2D eigenvalue weighted by Crippen LogP contribution is 2.23. The Bertz CT molecular complexity index is 658. The van der Waals surface area contributed by atoms with Crippen molar-refractivity contribution in [3.05, 3.63) is 59.9 Å². The number of carbonyl (C=O) groups is 1. The predicted molar refractivity (Wildman–Crippen MR) is 77.7 cm³/mol. The van der Waals surface area contributed by atoms with Crippen LogP contribution in [0.25, 0.3) is 11.1 Å². The summed E-state index contributed by atoms with van der Waals surface area (Å²) in [6.45, 7) is 0. The summed E-state index contributed by atoms with van der Waals surface area (Å²) in [7, 11) is -1.34. The van der Waals surface area contributed by atoms with Gasteiger partial charge in [-0.25, -0.2) is 4.39 Å².